The fraction of sp³-hybridized carbons (Fsp3) is 0.571. The molecule has 0 radical (unpaired) electrons. The Kier molecular flexibility index (Phi) is 2.94. The standard InChI is InChI=1S/C14H19NO2S/c15-14(11-5-6-18(16,17)9-11)8-12-7-10-3-1-2-4-13(10)12/h1-4,11-12,14H,5-9,15H2. The van der Waals surface area contributed by atoms with Gasteiger partial charge < -0.3 is 5.73 Å². The fourth-order valence-corrected chi connectivity index (χ4v) is 5.15. The molecule has 3 rings (SSSR count). The van der Waals surface area contributed by atoms with Gasteiger partial charge in [0.2, 0.25) is 0 Å². The average Bonchev–Trinajstić information content (AvgIpc) is 2.66. The lowest BCUT2D eigenvalue weighted by atomic mass is 9.73. The summed E-state index contributed by atoms with van der Waals surface area (Å²) in [6, 6.07) is 8.49. The third kappa shape index (κ3) is 2.19. The summed E-state index contributed by atoms with van der Waals surface area (Å²) in [6.07, 6.45) is 2.78. The van der Waals surface area contributed by atoms with Crippen LogP contribution in [-0.4, -0.2) is 26.0 Å². The van der Waals surface area contributed by atoms with Crippen LogP contribution in [0.25, 0.3) is 0 Å². The molecular weight excluding hydrogens is 246 g/mol. The van der Waals surface area contributed by atoms with Crippen molar-refractivity contribution in [1.82, 2.24) is 0 Å². The lowest BCUT2D eigenvalue weighted by Gasteiger charge is -2.33. The third-order valence-electron chi connectivity index (χ3n) is 4.39. The monoisotopic (exact) mass is 265 g/mol. The molecule has 0 saturated carbocycles. The fourth-order valence-electron chi connectivity index (χ4n) is 3.26. The Morgan fingerprint density at radius 1 is 1.33 bits per heavy atom. The van der Waals surface area contributed by atoms with E-state index in [0.29, 0.717) is 17.4 Å². The largest absolute Gasteiger partial charge is 0.327 e. The Balaban J connectivity index is 1.62. The molecule has 2 N–H and O–H groups in total. The second-order valence-electron chi connectivity index (χ2n) is 5.66. The van der Waals surface area contributed by atoms with E-state index in [-0.39, 0.29) is 12.0 Å². The molecule has 3 atom stereocenters. The van der Waals surface area contributed by atoms with Crippen LogP contribution in [0.3, 0.4) is 0 Å². The smallest absolute Gasteiger partial charge is 0.150 e. The van der Waals surface area contributed by atoms with Crippen LogP contribution in [0.2, 0.25) is 0 Å². The molecule has 3 unspecified atom stereocenters. The van der Waals surface area contributed by atoms with E-state index in [9.17, 15) is 8.42 Å². The zero-order valence-electron chi connectivity index (χ0n) is 10.4. The normalized spacial score (nSPS) is 30.5. The van der Waals surface area contributed by atoms with E-state index in [1.165, 1.54) is 11.1 Å². The van der Waals surface area contributed by atoms with Crippen LogP contribution in [0.4, 0.5) is 0 Å². The Morgan fingerprint density at radius 3 is 2.78 bits per heavy atom. The van der Waals surface area contributed by atoms with Crippen molar-refractivity contribution in [3.05, 3.63) is 35.4 Å². The first kappa shape index (κ1) is 12.2. The van der Waals surface area contributed by atoms with E-state index < -0.39 is 9.84 Å². The van der Waals surface area contributed by atoms with Gasteiger partial charge in [-0.15, -0.1) is 0 Å². The highest BCUT2D eigenvalue weighted by Gasteiger charge is 2.35. The molecule has 1 heterocycles. The zero-order valence-corrected chi connectivity index (χ0v) is 11.2. The number of hydrogen-bond acceptors (Lipinski definition) is 3. The van der Waals surface area contributed by atoms with Gasteiger partial charge in [0.15, 0.2) is 9.84 Å². The molecule has 1 aliphatic heterocycles. The van der Waals surface area contributed by atoms with Crippen molar-refractivity contribution >= 4 is 9.84 Å². The van der Waals surface area contributed by atoms with Crippen molar-refractivity contribution in [3.8, 4) is 0 Å². The summed E-state index contributed by atoms with van der Waals surface area (Å²) in [6.45, 7) is 0. The van der Waals surface area contributed by atoms with E-state index in [4.69, 9.17) is 5.73 Å². The lowest BCUT2D eigenvalue weighted by molar-refractivity contribution is 0.390. The Hall–Kier alpha value is -0.870. The van der Waals surface area contributed by atoms with E-state index in [1.807, 2.05) is 0 Å². The Bertz CT molecular complexity index is 553. The molecule has 0 bridgehead atoms. The molecule has 1 aromatic rings. The second-order valence-corrected chi connectivity index (χ2v) is 7.89. The number of benzene rings is 1. The molecule has 2 aliphatic rings. The zero-order chi connectivity index (χ0) is 12.8. The van der Waals surface area contributed by atoms with Crippen LogP contribution in [0.1, 0.15) is 29.9 Å². The molecule has 0 spiro atoms. The predicted molar refractivity (Wildman–Crippen MR) is 72.2 cm³/mol. The maximum Gasteiger partial charge on any atom is 0.150 e. The van der Waals surface area contributed by atoms with E-state index in [0.717, 1.165) is 19.3 Å². The van der Waals surface area contributed by atoms with Crippen molar-refractivity contribution in [2.24, 2.45) is 11.7 Å². The van der Waals surface area contributed by atoms with Gasteiger partial charge in [-0.05, 0) is 42.2 Å². The van der Waals surface area contributed by atoms with Gasteiger partial charge in [-0.3, -0.25) is 0 Å². The first-order valence-electron chi connectivity index (χ1n) is 6.59. The number of rotatable bonds is 3. The second kappa shape index (κ2) is 4.35. The molecule has 1 fully saturated rings. The molecule has 3 nitrogen and oxygen atoms in total. The summed E-state index contributed by atoms with van der Waals surface area (Å²) in [4.78, 5) is 0. The number of nitrogens with two attached hydrogens (primary N) is 1. The summed E-state index contributed by atoms with van der Waals surface area (Å²) in [5.74, 6) is 1.33. The van der Waals surface area contributed by atoms with Crippen LogP contribution in [0, 0.1) is 5.92 Å². The molecule has 18 heavy (non-hydrogen) atoms. The predicted octanol–water partition coefficient (Wildman–Crippen LogP) is 1.48. The summed E-state index contributed by atoms with van der Waals surface area (Å²) in [7, 11) is -2.81. The topological polar surface area (TPSA) is 60.2 Å². The van der Waals surface area contributed by atoms with Crippen molar-refractivity contribution in [3.63, 3.8) is 0 Å². The highest BCUT2D eigenvalue weighted by molar-refractivity contribution is 7.91. The molecule has 0 amide bonds. The highest BCUT2D eigenvalue weighted by atomic mass is 32.2. The Labute approximate surface area is 108 Å². The van der Waals surface area contributed by atoms with Crippen LogP contribution in [0.15, 0.2) is 24.3 Å². The van der Waals surface area contributed by atoms with Crippen LogP contribution < -0.4 is 5.73 Å². The van der Waals surface area contributed by atoms with Crippen molar-refractivity contribution in [2.45, 2.75) is 31.2 Å². The van der Waals surface area contributed by atoms with Crippen molar-refractivity contribution < 1.29 is 8.42 Å². The first-order chi connectivity index (χ1) is 8.55. The van der Waals surface area contributed by atoms with Gasteiger partial charge in [-0.1, -0.05) is 24.3 Å². The van der Waals surface area contributed by atoms with Crippen LogP contribution >= 0.6 is 0 Å². The molecule has 0 aromatic heterocycles. The molecule has 4 heteroatoms. The molecule has 1 saturated heterocycles. The molecular formula is C14H19NO2S. The summed E-state index contributed by atoms with van der Waals surface area (Å²) < 4.78 is 22.9. The van der Waals surface area contributed by atoms with Gasteiger partial charge in [0.25, 0.3) is 0 Å². The van der Waals surface area contributed by atoms with E-state index in [2.05, 4.69) is 24.3 Å². The van der Waals surface area contributed by atoms with Gasteiger partial charge in [0, 0.05) is 6.04 Å². The minimum absolute atomic E-state index is 0.0284. The van der Waals surface area contributed by atoms with E-state index in [1.54, 1.807) is 0 Å². The first-order valence-corrected chi connectivity index (χ1v) is 8.41. The van der Waals surface area contributed by atoms with Crippen molar-refractivity contribution in [1.29, 1.82) is 0 Å². The van der Waals surface area contributed by atoms with Crippen LogP contribution in [-0.2, 0) is 16.3 Å². The molecule has 1 aromatic carbocycles. The van der Waals surface area contributed by atoms with Crippen molar-refractivity contribution in [2.75, 3.05) is 11.5 Å². The highest BCUT2D eigenvalue weighted by Crippen LogP contribution is 2.39. The average molecular weight is 265 g/mol. The quantitative estimate of drug-likeness (QED) is 0.900. The summed E-state index contributed by atoms with van der Waals surface area (Å²) >= 11 is 0. The maximum absolute atomic E-state index is 11.5. The van der Waals surface area contributed by atoms with Gasteiger partial charge in [0.05, 0.1) is 11.5 Å². The van der Waals surface area contributed by atoms with Gasteiger partial charge in [-0.2, -0.15) is 0 Å². The van der Waals surface area contributed by atoms with Crippen LogP contribution in [0.5, 0.6) is 0 Å². The SMILES string of the molecule is NC(CC1Cc2ccccc21)C1CCS(=O)(=O)C1. The molecule has 98 valence electrons. The lowest BCUT2D eigenvalue weighted by Crippen LogP contribution is -2.35. The maximum atomic E-state index is 11.5. The molecule has 1 aliphatic carbocycles. The summed E-state index contributed by atoms with van der Waals surface area (Å²) in [5.41, 5.74) is 9.04. The van der Waals surface area contributed by atoms with Gasteiger partial charge in [-0.25, -0.2) is 8.42 Å². The van der Waals surface area contributed by atoms with E-state index >= 15 is 0 Å². The number of sulfone groups is 1. The summed E-state index contributed by atoms with van der Waals surface area (Å²) in [5, 5.41) is 0. The number of fused-ring (bicyclic) bond motifs is 1. The third-order valence-corrected chi connectivity index (χ3v) is 6.18. The minimum Gasteiger partial charge on any atom is -0.327 e. The van der Waals surface area contributed by atoms with Gasteiger partial charge >= 0.3 is 0 Å². The van der Waals surface area contributed by atoms with Gasteiger partial charge in [0.1, 0.15) is 0 Å². The minimum atomic E-state index is -2.81. The Morgan fingerprint density at radius 2 is 2.11 bits per heavy atom. The number of hydrogen-bond donors (Lipinski definition) is 1.